The number of hydrogen-bond donors (Lipinski definition) is 2. The van der Waals surface area contributed by atoms with Crippen LogP contribution < -0.4 is 5.32 Å². The van der Waals surface area contributed by atoms with Gasteiger partial charge in [-0.1, -0.05) is 12.1 Å². The number of ether oxygens (including phenoxy) is 2. The molecule has 0 spiro atoms. The Hall–Kier alpha value is -2.68. The highest BCUT2D eigenvalue weighted by atomic mass is 16.6. The van der Waals surface area contributed by atoms with E-state index in [9.17, 15) is 24.8 Å². The van der Waals surface area contributed by atoms with E-state index >= 15 is 0 Å². The number of nitro benzene ring substituents is 1. The number of methoxy groups -OCH3 is 1. The van der Waals surface area contributed by atoms with Crippen LogP contribution in [0.5, 0.6) is 0 Å². The molecule has 9 nitrogen and oxygen atoms in total. The predicted octanol–water partition coefficient (Wildman–Crippen LogP) is 1.69. The topological polar surface area (TPSA) is 128 Å². The summed E-state index contributed by atoms with van der Waals surface area (Å²) in [6, 6.07) is 4.02. The zero-order chi connectivity index (χ0) is 18.5. The van der Waals surface area contributed by atoms with E-state index in [0.717, 1.165) is 7.11 Å². The Morgan fingerprint density at radius 3 is 2.38 bits per heavy atom. The van der Waals surface area contributed by atoms with Crippen LogP contribution in [0.15, 0.2) is 24.3 Å². The molecule has 2 unspecified atom stereocenters. The predicted molar refractivity (Wildman–Crippen MR) is 83.2 cm³/mol. The molecule has 0 saturated carbocycles. The summed E-state index contributed by atoms with van der Waals surface area (Å²) in [5, 5.41) is 23.6. The molecule has 0 saturated heterocycles. The SMILES string of the molecule is COC(=O)C(O)C(NC(=O)OC(C)(C)C)c1ccccc1[N+](=O)[O-]. The van der Waals surface area contributed by atoms with Crippen molar-refractivity contribution in [2.75, 3.05) is 7.11 Å². The van der Waals surface area contributed by atoms with E-state index in [4.69, 9.17) is 4.74 Å². The molecule has 0 heterocycles. The second-order valence-corrected chi connectivity index (χ2v) is 5.91. The van der Waals surface area contributed by atoms with Crippen molar-refractivity contribution in [1.82, 2.24) is 5.32 Å². The van der Waals surface area contributed by atoms with Gasteiger partial charge in [-0.25, -0.2) is 9.59 Å². The van der Waals surface area contributed by atoms with Gasteiger partial charge in [0, 0.05) is 6.07 Å². The lowest BCUT2D eigenvalue weighted by Crippen LogP contribution is -2.43. The molecule has 0 aliphatic rings. The van der Waals surface area contributed by atoms with E-state index in [-0.39, 0.29) is 11.3 Å². The Labute approximate surface area is 138 Å². The molecular weight excluding hydrogens is 320 g/mol. The van der Waals surface area contributed by atoms with Crippen LogP contribution in [0.3, 0.4) is 0 Å². The van der Waals surface area contributed by atoms with Crippen LogP contribution in [0.25, 0.3) is 0 Å². The Morgan fingerprint density at radius 2 is 1.88 bits per heavy atom. The number of amides is 1. The van der Waals surface area contributed by atoms with Gasteiger partial charge in [-0.2, -0.15) is 0 Å². The zero-order valence-corrected chi connectivity index (χ0v) is 13.8. The molecule has 0 aromatic heterocycles. The Kier molecular flexibility index (Phi) is 6.24. The number of para-hydroxylation sites is 1. The maximum atomic E-state index is 12.0. The molecular formula is C15H20N2O7. The molecule has 132 valence electrons. The summed E-state index contributed by atoms with van der Waals surface area (Å²) in [6.45, 7) is 4.88. The molecule has 0 fully saturated rings. The minimum Gasteiger partial charge on any atom is -0.467 e. The van der Waals surface area contributed by atoms with Crippen LogP contribution in [-0.2, 0) is 14.3 Å². The Bertz CT molecular complexity index is 624. The highest BCUT2D eigenvalue weighted by molar-refractivity contribution is 5.78. The van der Waals surface area contributed by atoms with Crippen molar-refractivity contribution in [3.05, 3.63) is 39.9 Å². The number of nitrogens with one attached hydrogen (secondary N) is 1. The van der Waals surface area contributed by atoms with E-state index < -0.39 is 34.7 Å². The fourth-order valence-electron chi connectivity index (χ4n) is 1.93. The number of nitro groups is 1. The number of rotatable bonds is 5. The lowest BCUT2D eigenvalue weighted by molar-refractivity contribution is -0.385. The van der Waals surface area contributed by atoms with Crippen molar-refractivity contribution >= 4 is 17.7 Å². The Balaban J connectivity index is 3.23. The van der Waals surface area contributed by atoms with Crippen molar-refractivity contribution in [2.24, 2.45) is 0 Å². The lowest BCUT2D eigenvalue weighted by atomic mass is 9.99. The smallest absolute Gasteiger partial charge is 0.408 e. The molecule has 1 aromatic carbocycles. The van der Waals surface area contributed by atoms with Gasteiger partial charge in [-0.05, 0) is 26.8 Å². The van der Waals surface area contributed by atoms with E-state index in [1.165, 1.54) is 24.3 Å². The van der Waals surface area contributed by atoms with Crippen LogP contribution >= 0.6 is 0 Å². The first-order valence-electron chi connectivity index (χ1n) is 7.05. The summed E-state index contributed by atoms with van der Waals surface area (Å²) in [5.41, 5.74) is -1.24. The second kappa shape index (κ2) is 7.73. The third kappa shape index (κ3) is 5.20. The van der Waals surface area contributed by atoms with Crippen LogP contribution in [0.2, 0.25) is 0 Å². The van der Waals surface area contributed by atoms with E-state index in [1.807, 2.05) is 0 Å². The standard InChI is InChI=1S/C15H20N2O7/c1-15(2,3)24-14(20)16-11(12(18)13(19)23-4)9-7-5-6-8-10(9)17(21)22/h5-8,11-12,18H,1-4H3,(H,16,20). The van der Waals surface area contributed by atoms with Crippen molar-refractivity contribution in [1.29, 1.82) is 0 Å². The van der Waals surface area contributed by atoms with Gasteiger partial charge >= 0.3 is 12.1 Å². The second-order valence-electron chi connectivity index (χ2n) is 5.91. The number of carbonyl (C=O) groups excluding carboxylic acids is 2. The molecule has 1 aromatic rings. The van der Waals surface area contributed by atoms with Gasteiger partial charge in [0.25, 0.3) is 5.69 Å². The van der Waals surface area contributed by atoms with Gasteiger partial charge < -0.3 is 19.9 Å². The highest BCUT2D eigenvalue weighted by Crippen LogP contribution is 2.28. The first-order chi connectivity index (χ1) is 11.1. The van der Waals surface area contributed by atoms with E-state index in [1.54, 1.807) is 20.8 Å². The molecule has 1 amide bonds. The van der Waals surface area contributed by atoms with Crippen LogP contribution in [0, 0.1) is 10.1 Å². The lowest BCUT2D eigenvalue weighted by Gasteiger charge is -2.25. The first-order valence-corrected chi connectivity index (χ1v) is 7.05. The van der Waals surface area contributed by atoms with Crippen LogP contribution in [0.1, 0.15) is 32.4 Å². The third-order valence-electron chi connectivity index (χ3n) is 2.90. The largest absolute Gasteiger partial charge is 0.467 e. The summed E-state index contributed by atoms with van der Waals surface area (Å²) >= 11 is 0. The average molecular weight is 340 g/mol. The minimum atomic E-state index is -1.84. The molecule has 9 heteroatoms. The Morgan fingerprint density at radius 1 is 1.29 bits per heavy atom. The van der Waals surface area contributed by atoms with Crippen molar-refractivity contribution in [2.45, 2.75) is 38.5 Å². The number of carbonyl (C=O) groups is 2. The third-order valence-corrected chi connectivity index (χ3v) is 2.90. The molecule has 0 radical (unpaired) electrons. The van der Waals surface area contributed by atoms with Crippen LogP contribution in [0.4, 0.5) is 10.5 Å². The summed E-state index contributed by atoms with van der Waals surface area (Å²) < 4.78 is 9.52. The highest BCUT2D eigenvalue weighted by Gasteiger charge is 2.35. The van der Waals surface area contributed by atoms with Crippen LogP contribution in [-0.4, -0.2) is 40.9 Å². The van der Waals surface area contributed by atoms with Gasteiger partial charge in [0.05, 0.1) is 17.6 Å². The fraction of sp³-hybridized carbons (Fsp3) is 0.467. The van der Waals surface area contributed by atoms with Gasteiger partial charge in [-0.3, -0.25) is 10.1 Å². The molecule has 0 bridgehead atoms. The number of alkyl carbamates (subject to hydrolysis) is 1. The minimum absolute atomic E-state index is 0.0498. The normalized spacial score (nSPS) is 13.5. The van der Waals surface area contributed by atoms with Crippen molar-refractivity contribution in [3.8, 4) is 0 Å². The number of aliphatic hydroxyl groups excluding tert-OH is 1. The number of benzene rings is 1. The van der Waals surface area contributed by atoms with Crippen molar-refractivity contribution in [3.63, 3.8) is 0 Å². The molecule has 0 aliphatic carbocycles. The maximum Gasteiger partial charge on any atom is 0.408 e. The number of hydrogen-bond acceptors (Lipinski definition) is 7. The summed E-state index contributed by atoms with van der Waals surface area (Å²) in [4.78, 5) is 34.1. The van der Waals surface area contributed by atoms with Gasteiger partial charge in [0.15, 0.2) is 6.10 Å². The molecule has 24 heavy (non-hydrogen) atoms. The number of aliphatic hydroxyl groups is 1. The van der Waals surface area contributed by atoms with Gasteiger partial charge in [0.1, 0.15) is 11.6 Å². The average Bonchev–Trinajstić information content (AvgIpc) is 2.49. The summed E-state index contributed by atoms with van der Waals surface area (Å²) in [7, 11) is 1.05. The maximum absolute atomic E-state index is 12.0. The quantitative estimate of drug-likeness (QED) is 0.474. The number of nitrogens with zero attached hydrogens (tertiary/aromatic N) is 1. The zero-order valence-electron chi connectivity index (χ0n) is 13.8. The monoisotopic (exact) mass is 340 g/mol. The number of esters is 1. The van der Waals surface area contributed by atoms with E-state index in [2.05, 4.69) is 10.1 Å². The molecule has 2 atom stereocenters. The van der Waals surface area contributed by atoms with Crippen molar-refractivity contribution < 1.29 is 29.1 Å². The first kappa shape index (κ1) is 19.4. The summed E-state index contributed by atoms with van der Waals surface area (Å²) in [6.07, 6.45) is -2.78. The summed E-state index contributed by atoms with van der Waals surface area (Å²) in [5.74, 6) is -1.05. The molecule has 2 N–H and O–H groups in total. The molecule has 0 aliphatic heterocycles. The van der Waals surface area contributed by atoms with Gasteiger partial charge in [0.2, 0.25) is 0 Å². The van der Waals surface area contributed by atoms with E-state index in [0.29, 0.717) is 0 Å². The fourth-order valence-corrected chi connectivity index (χ4v) is 1.93. The molecule has 1 rings (SSSR count). The van der Waals surface area contributed by atoms with Gasteiger partial charge in [-0.15, -0.1) is 0 Å².